The molecule has 2 N–H and O–H groups in total. The first-order valence-corrected chi connectivity index (χ1v) is 7.82. The van der Waals surface area contributed by atoms with Gasteiger partial charge in [0.15, 0.2) is 0 Å². The number of rotatable bonds is 5. The van der Waals surface area contributed by atoms with Crippen molar-refractivity contribution < 1.29 is 27.9 Å². The van der Waals surface area contributed by atoms with Crippen LogP contribution in [-0.2, 0) is 4.79 Å². The Labute approximate surface area is 124 Å². The van der Waals surface area contributed by atoms with E-state index in [9.17, 15) is 22.8 Å². The summed E-state index contributed by atoms with van der Waals surface area (Å²) in [6.45, 7) is -0.108. The maximum atomic E-state index is 12.1. The van der Waals surface area contributed by atoms with E-state index in [1.165, 1.54) is 16.7 Å². The molecule has 2 atom stereocenters. The fourth-order valence-electron chi connectivity index (χ4n) is 2.30. The summed E-state index contributed by atoms with van der Waals surface area (Å²) in [5.41, 5.74) is 0. The third kappa shape index (κ3) is 4.42. The maximum Gasteiger partial charge on any atom is 0.389 e. The fourth-order valence-corrected chi connectivity index (χ4v) is 3.93. The average Bonchev–Trinajstić information content (AvgIpc) is 3.11. The molecule has 2 unspecified atom stereocenters. The Morgan fingerprint density at radius 3 is 2.52 bits per heavy atom. The molecule has 1 aliphatic heterocycles. The Morgan fingerprint density at radius 2 is 2.00 bits per heavy atom. The van der Waals surface area contributed by atoms with Gasteiger partial charge >= 0.3 is 18.2 Å². The number of carbonyl (C=O) groups excluding carboxylic acids is 1. The Morgan fingerprint density at radius 1 is 1.33 bits per heavy atom. The molecule has 2 fully saturated rings. The zero-order chi connectivity index (χ0) is 15.6. The van der Waals surface area contributed by atoms with Crippen molar-refractivity contribution >= 4 is 23.8 Å². The summed E-state index contributed by atoms with van der Waals surface area (Å²) in [4.78, 5) is 24.6. The van der Waals surface area contributed by atoms with Crippen molar-refractivity contribution in [1.82, 2.24) is 10.2 Å². The van der Waals surface area contributed by atoms with Crippen molar-refractivity contribution in [2.45, 2.75) is 43.3 Å². The quantitative estimate of drug-likeness (QED) is 0.761. The second kappa shape index (κ2) is 6.33. The molecule has 0 radical (unpaired) electrons. The van der Waals surface area contributed by atoms with Crippen LogP contribution in [0.15, 0.2) is 0 Å². The number of hydrogen-bond acceptors (Lipinski definition) is 3. The van der Waals surface area contributed by atoms with E-state index in [1.54, 1.807) is 0 Å². The molecule has 120 valence electrons. The molecule has 21 heavy (non-hydrogen) atoms. The van der Waals surface area contributed by atoms with E-state index in [1.807, 2.05) is 0 Å². The summed E-state index contributed by atoms with van der Waals surface area (Å²) in [6, 6.07) is -1.48. The normalized spacial score (nSPS) is 26.0. The molecular formula is C12H17F3N2O3S. The van der Waals surface area contributed by atoms with E-state index < -0.39 is 30.6 Å². The van der Waals surface area contributed by atoms with E-state index >= 15 is 0 Å². The van der Waals surface area contributed by atoms with Crippen molar-refractivity contribution in [3.63, 3.8) is 0 Å². The molecule has 9 heteroatoms. The number of halogens is 3. The highest BCUT2D eigenvalue weighted by atomic mass is 32.2. The summed E-state index contributed by atoms with van der Waals surface area (Å²) in [5.74, 6) is -0.441. The molecule has 0 aromatic rings. The van der Waals surface area contributed by atoms with Crippen LogP contribution in [0.2, 0.25) is 0 Å². The number of aliphatic carboxylic acids is 1. The van der Waals surface area contributed by atoms with Crippen molar-refractivity contribution in [3.8, 4) is 0 Å². The monoisotopic (exact) mass is 326 g/mol. The van der Waals surface area contributed by atoms with Crippen LogP contribution in [0, 0.1) is 5.92 Å². The molecule has 0 aromatic carbocycles. The third-order valence-corrected chi connectivity index (χ3v) is 4.95. The Hall–Kier alpha value is -1.12. The van der Waals surface area contributed by atoms with Crippen molar-refractivity contribution in [2.75, 3.05) is 12.3 Å². The largest absolute Gasteiger partial charge is 0.480 e. The van der Waals surface area contributed by atoms with E-state index in [2.05, 4.69) is 5.32 Å². The zero-order valence-electron chi connectivity index (χ0n) is 11.2. The number of nitrogens with zero attached hydrogens (tertiary/aromatic N) is 1. The van der Waals surface area contributed by atoms with Crippen molar-refractivity contribution in [3.05, 3.63) is 0 Å². The molecule has 0 aromatic heterocycles. The van der Waals surface area contributed by atoms with Gasteiger partial charge in [0, 0.05) is 18.7 Å². The summed E-state index contributed by atoms with van der Waals surface area (Å²) in [6.07, 6.45) is -3.49. The average molecular weight is 326 g/mol. The van der Waals surface area contributed by atoms with Crippen LogP contribution in [0.25, 0.3) is 0 Å². The van der Waals surface area contributed by atoms with E-state index in [-0.39, 0.29) is 18.3 Å². The molecule has 2 rings (SSSR count). The molecular weight excluding hydrogens is 309 g/mol. The number of hydrogen-bond donors (Lipinski definition) is 2. The summed E-state index contributed by atoms with van der Waals surface area (Å²) >= 11 is 1.43. The smallest absolute Gasteiger partial charge is 0.389 e. The second-order valence-corrected chi connectivity index (χ2v) is 6.42. The lowest BCUT2D eigenvalue weighted by Crippen LogP contribution is -2.50. The number of carboxylic acids is 1. The van der Waals surface area contributed by atoms with Crippen LogP contribution < -0.4 is 5.32 Å². The zero-order valence-corrected chi connectivity index (χ0v) is 12.0. The van der Waals surface area contributed by atoms with Crippen LogP contribution >= 0.6 is 11.8 Å². The molecule has 1 heterocycles. The van der Waals surface area contributed by atoms with Gasteiger partial charge in [-0.2, -0.15) is 13.2 Å². The van der Waals surface area contributed by atoms with Crippen LogP contribution in [-0.4, -0.2) is 51.9 Å². The summed E-state index contributed by atoms with van der Waals surface area (Å²) in [5, 5.41) is 11.4. The number of alkyl halides is 3. The van der Waals surface area contributed by atoms with Crippen LogP contribution in [0.1, 0.15) is 25.7 Å². The lowest BCUT2D eigenvalue weighted by Gasteiger charge is -2.27. The number of urea groups is 1. The number of thioether (sulfide) groups is 1. The first-order chi connectivity index (χ1) is 9.79. The minimum absolute atomic E-state index is 0.108. The Kier molecular flexibility index (Phi) is 4.90. The number of nitrogens with one attached hydrogen (secondary N) is 1. The summed E-state index contributed by atoms with van der Waals surface area (Å²) in [7, 11) is 0. The van der Waals surface area contributed by atoms with Gasteiger partial charge in [0.2, 0.25) is 0 Å². The Balaban J connectivity index is 1.86. The van der Waals surface area contributed by atoms with E-state index in [0.717, 1.165) is 12.8 Å². The van der Waals surface area contributed by atoms with E-state index in [4.69, 9.17) is 5.11 Å². The first-order valence-electron chi connectivity index (χ1n) is 6.77. The summed E-state index contributed by atoms with van der Waals surface area (Å²) < 4.78 is 36.1. The number of carbonyl (C=O) groups is 2. The topological polar surface area (TPSA) is 69.6 Å². The molecule has 1 saturated carbocycles. The van der Waals surface area contributed by atoms with E-state index in [0.29, 0.717) is 11.7 Å². The van der Waals surface area contributed by atoms with Crippen molar-refractivity contribution in [1.29, 1.82) is 0 Å². The van der Waals surface area contributed by atoms with Gasteiger partial charge in [-0.1, -0.05) is 0 Å². The number of amides is 2. The first kappa shape index (κ1) is 16.3. The number of carboxylic acid groups (broad SMARTS) is 1. The molecule has 5 nitrogen and oxygen atoms in total. The minimum Gasteiger partial charge on any atom is -0.480 e. The van der Waals surface area contributed by atoms with Crippen LogP contribution in [0.3, 0.4) is 0 Å². The Bertz CT molecular complexity index is 415. The SMILES string of the molecule is O=C(O)C1CSC(C2CC2)N1C(=O)NCCCC(F)(F)F. The molecule has 2 aliphatic rings. The highest BCUT2D eigenvalue weighted by Crippen LogP contribution is 2.45. The molecule has 1 saturated heterocycles. The lowest BCUT2D eigenvalue weighted by molar-refractivity contribution is -0.141. The van der Waals surface area contributed by atoms with Gasteiger partial charge < -0.3 is 10.4 Å². The standard InChI is InChI=1S/C12H17F3N2O3S/c13-12(14,15)4-1-5-16-11(20)17-8(10(18)19)6-21-9(17)7-2-3-7/h7-9H,1-6H2,(H,16,20)(H,18,19). The highest BCUT2D eigenvalue weighted by Gasteiger charge is 2.48. The van der Waals surface area contributed by atoms with Gasteiger partial charge in [-0.25, -0.2) is 9.59 Å². The van der Waals surface area contributed by atoms with Gasteiger partial charge in [-0.3, -0.25) is 4.90 Å². The highest BCUT2D eigenvalue weighted by molar-refractivity contribution is 8.00. The lowest BCUT2D eigenvalue weighted by atomic mass is 10.2. The van der Waals surface area contributed by atoms with Gasteiger partial charge in [-0.15, -0.1) is 11.8 Å². The molecule has 1 aliphatic carbocycles. The molecule has 0 bridgehead atoms. The predicted molar refractivity (Wildman–Crippen MR) is 70.9 cm³/mol. The van der Waals surface area contributed by atoms with Gasteiger partial charge in [-0.05, 0) is 25.2 Å². The van der Waals surface area contributed by atoms with Crippen LogP contribution in [0.4, 0.5) is 18.0 Å². The molecule has 2 amide bonds. The predicted octanol–water partition coefficient (Wildman–Crippen LogP) is 2.28. The van der Waals surface area contributed by atoms with Crippen molar-refractivity contribution in [2.24, 2.45) is 5.92 Å². The van der Waals surface area contributed by atoms with Gasteiger partial charge in [0.05, 0.1) is 5.37 Å². The third-order valence-electron chi connectivity index (χ3n) is 3.49. The van der Waals surface area contributed by atoms with Gasteiger partial charge in [0.25, 0.3) is 0 Å². The maximum absolute atomic E-state index is 12.1. The van der Waals surface area contributed by atoms with Crippen LogP contribution in [0.5, 0.6) is 0 Å². The fraction of sp³-hybridized carbons (Fsp3) is 0.833. The van der Waals surface area contributed by atoms with Gasteiger partial charge in [0.1, 0.15) is 6.04 Å². The second-order valence-electron chi connectivity index (χ2n) is 5.27. The molecule has 0 spiro atoms. The minimum atomic E-state index is -4.24.